The van der Waals surface area contributed by atoms with Crippen molar-refractivity contribution in [3.8, 4) is 0 Å². The van der Waals surface area contributed by atoms with Gasteiger partial charge in [0.15, 0.2) is 0 Å². The number of likely N-dealkylation sites (N-methyl/N-ethyl adjacent to an activating group) is 1. The van der Waals surface area contributed by atoms with Crippen LogP contribution in [-0.2, 0) is 0 Å². The molecule has 0 bridgehead atoms. The maximum absolute atomic E-state index is 13.6. The van der Waals surface area contributed by atoms with Gasteiger partial charge in [-0.3, -0.25) is 4.79 Å². The van der Waals surface area contributed by atoms with E-state index < -0.39 is 0 Å². The highest BCUT2D eigenvalue weighted by Gasteiger charge is 2.20. The molecule has 0 unspecified atom stereocenters. The molecule has 0 aliphatic heterocycles. The molecule has 4 nitrogen and oxygen atoms in total. The van der Waals surface area contributed by atoms with Crippen molar-refractivity contribution >= 4 is 27.5 Å². The average Bonchev–Trinajstić information content (AvgIpc) is 2.91. The van der Waals surface area contributed by atoms with Crippen LogP contribution >= 0.6 is 11.3 Å². The average molecular weight is 386 g/mol. The second-order valence-corrected chi connectivity index (χ2v) is 8.06. The van der Waals surface area contributed by atoms with E-state index in [1.807, 2.05) is 51.9 Å². The third-order valence-electron chi connectivity index (χ3n) is 4.74. The van der Waals surface area contributed by atoms with E-state index >= 15 is 0 Å². The fourth-order valence-electron chi connectivity index (χ4n) is 3.42. The maximum atomic E-state index is 13.6. The van der Waals surface area contributed by atoms with Crippen molar-refractivity contribution in [3.05, 3.63) is 63.4 Å². The molecule has 0 aliphatic rings. The predicted octanol–water partition coefficient (Wildman–Crippen LogP) is 4.39. The van der Waals surface area contributed by atoms with Crippen LogP contribution in [0.4, 0.5) is 4.39 Å². The number of aromatic nitrogens is 1. The standard InChI is InChI=1S/C21H24FN3OS/c1-12-9-13(2)24-21-18(12)14(3)19(27-21)20(26)23-11-17(25(4)5)15-7-6-8-16(22)10-15/h6-10,17H,11H2,1-5H3,(H,23,26)/t17-/m1/s1. The van der Waals surface area contributed by atoms with Crippen molar-refractivity contribution in [2.45, 2.75) is 26.8 Å². The molecule has 1 amide bonds. The first-order valence-corrected chi connectivity index (χ1v) is 9.67. The number of hydrogen-bond donors (Lipinski definition) is 1. The Labute approximate surface area is 163 Å². The summed E-state index contributed by atoms with van der Waals surface area (Å²) in [6.45, 7) is 6.37. The number of carbonyl (C=O) groups excluding carboxylic acids is 1. The highest BCUT2D eigenvalue weighted by Crippen LogP contribution is 2.32. The molecule has 1 N–H and O–H groups in total. The van der Waals surface area contributed by atoms with Crippen molar-refractivity contribution in [1.82, 2.24) is 15.2 Å². The highest BCUT2D eigenvalue weighted by atomic mass is 32.1. The number of rotatable bonds is 5. The van der Waals surface area contributed by atoms with Gasteiger partial charge in [-0.1, -0.05) is 12.1 Å². The van der Waals surface area contributed by atoms with E-state index in [0.717, 1.165) is 32.6 Å². The fraction of sp³-hybridized carbons (Fsp3) is 0.333. The Morgan fingerprint density at radius 2 is 2.00 bits per heavy atom. The normalized spacial score (nSPS) is 12.6. The van der Waals surface area contributed by atoms with E-state index in [0.29, 0.717) is 11.4 Å². The Hall–Kier alpha value is -2.31. The van der Waals surface area contributed by atoms with Gasteiger partial charge in [0.1, 0.15) is 10.6 Å². The topological polar surface area (TPSA) is 45.2 Å². The van der Waals surface area contributed by atoms with Crippen LogP contribution in [0, 0.1) is 26.6 Å². The van der Waals surface area contributed by atoms with Crippen LogP contribution in [0.25, 0.3) is 10.2 Å². The van der Waals surface area contributed by atoms with E-state index in [2.05, 4.69) is 10.3 Å². The SMILES string of the molecule is Cc1cc(C)c2c(C)c(C(=O)NC[C@H](c3cccc(F)c3)N(C)C)sc2n1. The number of fused-ring (bicyclic) bond motifs is 1. The van der Waals surface area contributed by atoms with Crippen LogP contribution in [0.2, 0.25) is 0 Å². The summed E-state index contributed by atoms with van der Waals surface area (Å²) in [7, 11) is 3.84. The number of nitrogens with one attached hydrogen (secondary N) is 1. The Morgan fingerprint density at radius 3 is 2.67 bits per heavy atom. The Balaban J connectivity index is 1.83. The minimum Gasteiger partial charge on any atom is -0.349 e. The first-order valence-electron chi connectivity index (χ1n) is 8.85. The molecule has 0 radical (unpaired) electrons. The molecule has 0 aliphatic carbocycles. The summed E-state index contributed by atoms with van der Waals surface area (Å²) < 4.78 is 13.6. The molecule has 0 saturated heterocycles. The molecule has 27 heavy (non-hydrogen) atoms. The fourth-order valence-corrected chi connectivity index (χ4v) is 4.64. The molecule has 142 valence electrons. The first kappa shape index (κ1) is 19.5. The summed E-state index contributed by atoms with van der Waals surface area (Å²) in [5, 5.41) is 4.07. The molecule has 3 aromatic rings. The van der Waals surface area contributed by atoms with Crippen molar-refractivity contribution in [1.29, 1.82) is 0 Å². The lowest BCUT2D eigenvalue weighted by atomic mass is 10.1. The van der Waals surface area contributed by atoms with Crippen molar-refractivity contribution in [3.63, 3.8) is 0 Å². The van der Waals surface area contributed by atoms with Crippen LogP contribution in [0.5, 0.6) is 0 Å². The zero-order chi connectivity index (χ0) is 19.7. The van der Waals surface area contributed by atoms with E-state index in [4.69, 9.17) is 0 Å². The lowest BCUT2D eigenvalue weighted by Crippen LogP contribution is -2.34. The number of aryl methyl sites for hydroxylation is 3. The number of amides is 1. The number of nitrogens with zero attached hydrogens (tertiary/aromatic N) is 2. The number of halogens is 1. The highest BCUT2D eigenvalue weighted by molar-refractivity contribution is 7.20. The number of pyridine rings is 1. The van der Waals surface area contributed by atoms with Gasteiger partial charge in [-0.05, 0) is 69.8 Å². The van der Waals surface area contributed by atoms with Gasteiger partial charge in [-0.15, -0.1) is 11.3 Å². The van der Waals surface area contributed by atoms with Crippen LogP contribution in [0.15, 0.2) is 30.3 Å². The number of benzene rings is 1. The van der Waals surface area contributed by atoms with Gasteiger partial charge < -0.3 is 10.2 Å². The second kappa shape index (κ2) is 7.74. The molecule has 0 fully saturated rings. The van der Waals surface area contributed by atoms with E-state index in [1.165, 1.54) is 23.5 Å². The molecule has 1 aromatic carbocycles. The van der Waals surface area contributed by atoms with E-state index in [-0.39, 0.29) is 17.8 Å². The number of hydrogen-bond acceptors (Lipinski definition) is 4. The lowest BCUT2D eigenvalue weighted by Gasteiger charge is -2.25. The van der Waals surface area contributed by atoms with Crippen LogP contribution < -0.4 is 5.32 Å². The summed E-state index contributed by atoms with van der Waals surface area (Å²) in [6, 6.07) is 8.43. The molecule has 0 saturated carbocycles. The smallest absolute Gasteiger partial charge is 0.261 e. The quantitative estimate of drug-likeness (QED) is 0.708. The van der Waals surface area contributed by atoms with Crippen molar-refractivity contribution in [2.75, 3.05) is 20.6 Å². The first-order chi connectivity index (χ1) is 12.8. The van der Waals surface area contributed by atoms with Gasteiger partial charge in [0, 0.05) is 17.6 Å². The van der Waals surface area contributed by atoms with E-state index in [1.54, 1.807) is 6.07 Å². The van der Waals surface area contributed by atoms with Gasteiger partial charge in [-0.25, -0.2) is 9.37 Å². The van der Waals surface area contributed by atoms with Gasteiger partial charge in [-0.2, -0.15) is 0 Å². The van der Waals surface area contributed by atoms with Crippen LogP contribution in [-0.4, -0.2) is 36.4 Å². The van der Waals surface area contributed by atoms with Crippen molar-refractivity contribution < 1.29 is 9.18 Å². The molecule has 1 atom stereocenters. The molecule has 2 heterocycles. The number of carbonyl (C=O) groups is 1. The molecular formula is C21H24FN3OS. The summed E-state index contributed by atoms with van der Waals surface area (Å²) in [5.41, 5.74) is 3.88. The predicted molar refractivity (Wildman–Crippen MR) is 109 cm³/mol. The van der Waals surface area contributed by atoms with Crippen LogP contribution in [0.3, 0.4) is 0 Å². The zero-order valence-corrected chi connectivity index (χ0v) is 17.1. The summed E-state index contributed by atoms with van der Waals surface area (Å²) >= 11 is 1.42. The Kier molecular flexibility index (Phi) is 5.58. The maximum Gasteiger partial charge on any atom is 0.261 e. The molecular weight excluding hydrogens is 361 g/mol. The van der Waals surface area contributed by atoms with Crippen LogP contribution in [0.1, 0.15) is 38.1 Å². The third-order valence-corrected chi connectivity index (χ3v) is 5.93. The summed E-state index contributed by atoms with van der Waals surface area (Å²) in [4.78, 5) is 21.0. The molecule has 3 rings (SSSR count). The third kappa shape index (κ3) is 4.01. The minimum atomic E-state index is -0.275. The number of thiophene rings is 1. The van der Waals surface area contributed by atoms with Gasteiger partial charge >= 0.3 is 0 Å². The van der Waals surface area contributed by atoms with Crippen molar-refractivity contribution in [2.24, 2.45) is 0 Å². The molecule has 6 heteroatoms. The van der Waals surface area contributed by atoms with E-state index in [9.17, 15) is 9.18 Å². The monoisotopic (exact) mass is 385 g/mol. The summed E-state index contributed by atoms with van der Waals surface area (Å²) in [5.74, 6) is -0.390. The minimum absolute atomic E-state index is 0.110. The van der Waals surface area contributed by atoms with Gasteiger partial charge in [0.05, 0.1) is 10.9 Å². The summed E-state index contributed by atoms with van der Waals surface area (Å²) in [6.07, 6.45) is 0. The molecule has 2 aromatic heterocycles. The second-order valence-electron chi connectivity index (χ2n) is 7.06. The molecule has 0 spiro atoms. The lowest BCUT2D eigenvalue weighted by molar-refractivity contribution is 0.0945. The van der Waals surface area contributed by atoms with Gasteiger partial charge in [0.25, 0.3) is 5.91 Å². The Bertz CT molecular complexity index is 997. The Morgan fingerprint density at radius 1 is 1.26 bits per heavy atom. The van der Waals surface area contributed by atoms with Gasteiger partial charge in [0.2, 0.25) is 0 Å². The largest absolute Gasteiger partial charge is 0.349 e. The zero-order valence-electron chi connectivity index (χ0n) is 16.3.